The Bertz CT molecular complexity index is 635. The number of nitrogens with zero attached hydrogens (tertiary/aromatic N) is 1. The van der Waals surface area contributed by atoms with E-state index in [2.05, 4.69) is 22.2 Å². The number of hydrogen-bond acceptors (Lipinski definition) is 4. The number of carbonyl (C=O) groups is 2. The molecule has 2 rings (SSSR count). The summed E-state index contributed by atoms with van der Waals surface area (Å²) >= 11 is 0. The van der Waals surface area contributed by atoms with Crippen LogP contribution >= 0.6 is 0 Å². The van der Waals surface area contributed by atoms with E-state index in [0.717, 1.165) is 0 Å². The third-order valence-electron chi connectivity index (χ3n) is 2.67. The first-order valence-corrected chi connectivity index (χ1v) is 6.35. The molecule has 6 nitrogen and oxygen atoms in total. The van der Waals surface area contributed by atoms with Crippen LogP contribution in [-0.2, 0) is 6.54 Å². The van der Waals surface area contributed by atoms with E-state index in [4.69, 9.17) is 4.42 Å². The molecule has 0 unspecified atom stereocenters. The van der Waals surface area contributed by atoms with Crippen LogP contribution < -0.4 is 10.6 Å². The maximum Gasteiger partial charge on any atom is 0.253 e. The van der Waals surface area contributed by atoms with E-state index in [1.54, 1.807) is 18.2 Å². The van der Waals surface area contributed by atoms with Crippen LogP contribution in [0.3, 0.4) is 0 Å². The molecule has 0 aliphatic carbocycles. The average molecular weight is 285 g/mol. The number of carbonyl (C=O) groups excluding carboxylic acids is 2. The van der Waals surface area contributed by atoms with Crippen LogP contribution in [0.25, 0.3) is 0 Å². The molecule has 0 saturated heterocycles. The Morgan fingerprint density at radius 3 is 2.57 bits per heavy atom. The molecule has 0 aliphatic rings. The van der Waals surface area contributed by atoms with Gasteiger partial charge in [-0.05, 0) is 18.2 Å². The molecule has 0 aromatic carbocycles. The highest BCUT2D eigenvalue weighted by atomic mass is 16.3. The summed E-state index contributed by atoms with van der Waals surface area (Å²) < 4.78 is 5.12. The van der Waals surface area contributed by atoms with E-state index < -0.39 is 0 Å². The molecular weight excluding hydrogens is 270 g/mol. The summed E-state index contributed by atoms with van der Waals surface area (Å²) in [5, 5.41) is 5.32. The monoisotopic (exact) mass is 285 g/mol. The smallest absolute Gasteiger partial charge is 0.253 e. The van der Waals surface area contributed by atoms with Gasteiger partial charge in [0.05, 0.1) is 23.9 Å². The fraction of sp³-hybridized carbons (Fsp3) is 0.133. The van der Waals surface area contributed by atoms with Crippen molar-refractivity contribution in [2.24, 2.45) is 0 Å². The summed E-state index contributed by atoms with van der Waals surface area (Å²) in [5.74, 6) is 0.0246. The van der Waals surface area contributed by atoms with Crippen LogP contribution in [0.15, 0.2) is 53.9 Å². The van der Waals surface area contributed by atoms with Crippen molar-refractivity contribution >= 4 is 11.8 Å². The van der Waals surface area contributed by atoms with E-state index in [9.17, 15) is 9.59 Å². The molecular formula is C15H15N3O3. The highest BCUT2D eigenvalue weighted by Gasteiger charge is 2.11. The van der Waals surface area contributed by atoms with Gasteiger partial charge in [0.25, 0.3) is 11.8 Å². The lowest BCUT2D eigenvalue weighted by molar-refractivity contribution is 0.0947. The van der Waals surface area contributed by atoms with Gasteiger partial charge in [-0.2, -0.15) is 0 Å². The molecule has 2 heterocycles. The number of nitrogens with one attached hydrogen (secondary N) is 2. The summed E-state index contributed by atoms with van der Waals surface area (Å²) in [5.41, 5.74) is 0.635. The minimum Gasteiger partial charge on any atom is -0.467 e. The van der Waals surface area contributed by atoms with E-state index in [1.807, 2.05) is 0 Å². The number of pyridine rings is 1. The van der Waals surface area contributed by atoms with Gasteiger partial charge in [0, 0.05) is 18.9 Å². The van der Waals surface area contributed by atoms with Gasteiger partial charge >= 0.3 is 0 Å². The first-order chi connectivity index (χ1) is 10.2. The van der Waals surface area contributed by atoms with Crippen molar-refractivity contribution in [1.82, 2.24) is 15.6 Å². The summed E-state index contributed by atoms with van der Waals surface area (Å²) in [6.07, 6.45) is 5.92. The minimum absolute atomic E-state index is 0.277. The first-order valence-electron chi connectivity index (χ1n) is 6.35. The molecule has 2 aromatic heterocycles. The van der Waals surface area contributed by atoms with Gasteiger partial charge in [0.1, 0.15) is 5.76 Å². The Morgan fingerprint density at radius 1 is 1.24 bits per heavy atom. The van der Waals surface area contributed by atoms with E-state index in [0.29, 0.717) is 23.4 Å². The third kappa shape index (κ3) is 4.04. The number of aromatic nitrogens is 1. The van der Waals surface area contributed by atoms with E-state index in [-0.39, 0.29) is 18.4 Å². The Labute approximate surface area is 121 Å². The Morgan fingerprint density at radius 2 is 1.95 bits per heavy atom. The molecule has 0 bridgehead atoms. The molecule has 0 radical (unpaired) electrons. The van der Waals surface area contributed by atoms with Gasteiger partial charge in [-0.3, -0.25) is 14.6 Å². The largest absolute Gasteiger partial charge is 0.467 e. The van der Waals surface area contributed by atoms with Gasteiger partial charge in [-0.1, -0.05) is 6.08 Å². The number of furan rings is 1. The molecule has 2 amide bonds. The van der Waals surface area contributed by atoms with Crippen LogP contribution in [0.5, 0.6) is 0 Å². The number of amides is 2. The zero-order valence-electron chi connectivity index (χ0n) is 11.3. The molecule has 0 atom stereocenters. The predicted octanol–water partition coefficient (Wildman–Crippen LogP) is 1.52. The number of hydrogen-bond donors (Lipinski definition) is 2. The fourth-order valence-corrected chi connectivity index (χ4v) is 1.64. The molecule has 0 fully saturated rings. The van der Waals surface area contributed by atoms with Gasteiger partial charge in [0.2, 0.25) is 0 Å². The first kappa shape index (κ1) is 14.5. The molecule has 2 aromatic rings. The van der Waals surface area contributed by atoms with Crippen molar-refractivity contribution in [2.45, 2.75) is 6.54 Å². The van der Waals surface area contributed by atoms with Gasteiger partial charge in [-0.15, -0.1) is 6.58 Å². The Kier molecular flexibility index (Phi) is 4.87. The lowest BCUT2D eigenvalue weighted by atomic mass is 10.2. The standard InChI is InChI=1S/C15H15N3O3/c1-2-5-17-14(19)11-7-12(9-16-8-11)15(20)18-10-13-4-3-6-21-13/h2-4,6-9H,1,5,10H2,(H,17,19)(H,18,20). The topological polar surface area (TPSA) is 84.2 Å². The molecule has 0 saturated carbocycles. The lowest BCUT2D eigenvalue weighted by Gasteiger charge is -2.05. The fourth-order valence-electron chi connectivity index (χ4n) is 1.64. The second-order valence-electron chi connectivity index (χ2n) is 4.22. The van der Waals surface area contributed by atoms with Crippen molar-refractivity contribution in [1.29, 1.82) is 0 Å². The highest BCUT2D eigenvalue weighted by Crippen LogP contribution is 2.04. The average Bonchev–Trinajstić information content (AvgIpc) is 3.03. The van der Waals surface area contributed by atoms with E-state index in [1.165, 1.54) is 24.7 Å². The normalized spacial score (nSPS) is 9.90. The van der Waals surface area contributed by atoms with Gasteiger partial charge in [0.15, 0.2) is 0 Å². The predicted molar refractivity (Wildman–Crippen MR) is 76.6 cm³/mol. The van der Waals surface area contributed by atoms with Crippen LogP contribution in [0.4, 0.5) is 0 Å². The summed E-state index contributed by atoms with van der Waals surface area (Å²) in [6.45, 7) is 4.15. The lowest BCUT2D eigenvalue weighted by Crippen LogP contribution is -2.25. The second kappa shape index (κ2) is 7.04. The van der Waals surface area contributed by atoms with Crippen molar-refractivity contribution in [3.8, 4) is 0 Å². The zero-order valence-corrected chi connectivity index (χ0v) is 11.3. The third-order valence-corrected chi connectivity index (χ3v) is 2.67. The molecule has 0 spiro atoms. The van der Waals surface area contributed by atoms with Crippen LogP contribution in [0, 0.1) is 0 Å². The SMILES string of the molecule is C=CCNC(=O)c1cncc(C(=O)NCc2ccco2)c1. The van der Waals surface area contributed by atoms with Crippen molar-refractivity contribution < 1.29 is 14.0 Å². The number of rotatable bonds is 6. The molecule has 6 heteroatoms. The van der Waals surface area contributed by atoms with Gasteiger partial charge < -0.3 is 15.1 Å². The maximum atomic E-state index is 12.0. The van der Waals surface area contributed by atoms with Gasteiger partial charge in [-0.25, -0.2) is 0 Å². The summed E-state index contributed by atoms with van der Waals surface area (Å²) in [4.78, 5) is 27.7. The van der Waals surface area contributed by atoms with Crippen molar-refractivity contribution in [3.05, 3.63) is 66.4 Å². The Balaban J connectivity index is 2.00. The summed E-state index contributed by atoms with van der Waals surface area (Å²) in [6, 6.07) is 4.99. The van der Waals surface area contributed by atoms with Crippen molar-refractivity contribution in [2.75, 3.05) is 6.54 Å². The minimum atomic E-state index is -0.322. The quantitative estimate of drug-likeness (QED) is 0.788. The van der Waals surface area contributed by atoms with Crippen LogP contribution in [-0.4, -0.2) is 23.3 Å². The summed E-state index contributed by atoms with van der Waals surface area (Å²) in [7, 11) is 0. The zero-order chi connectivity index (χ0) is 15.1. The second-order valence-corrected chi connectivity index (χ2v) is 4.22. The molecule has 21 heavy (non-hydrogen) atoms. The van der Waals surface area contributed by atoms with Crippen LogP contribution in [0.1, 0.15) is 26.5 Å². The van der Waals surface area contributed by atoms with E-state index >= 15 is 0 Å². The highest BCUT2D eigenvalue weighted by molar-refractivity contribution is 5.99. The van der Waals surface area contributed by atoms with Crippen LogP contribution in [0.2, 0.25) is 0 Å². The molecule has 2 N–H and O–H groups in total. The molecule has 108 valence electrons. The Hall–Kier alpha value is -2.89. The van der Waals surface area contributed by atoms with Crippen molar-refractivity contribution in [3.63, 3.8) is 0 Å². The molecule has 0 aliphatic heterocycles. The maximum absolute atomic E-state index is 12.0.